The molecule has 1 heterocycles. The van der Waals surface area contributed by atoms with Crippen LogP contribution in [-0.4, -0.2) is 32.7 Å². The third-order valence-corrected chi connectivity index (χ3v) is 3.42. The van der Waals surface area contributed by atoms with Crippen molar-refractivity contribution in [3.8, 4) is 0 Å². The van der Waals surface area contributed by atoms with Crippen LogP contribution in [0.15, 0.2) is 24.3 Å². The first-order valence-electron chi connectivity index (χ1n) is 6.24. The molecule has 1 aromatic carbocycles. The summed E-state index contributed by atoms with van der Waals surface area (Å²) in [6.07, 6.45) is 0.818. The highest BCUT2D eigenvalue weighted by atomic mass is 16.5. The molecule has 1 aliphatic heterocycles. The van der Waals surface area contributed by atoms with Crippen LogP contribution in [0.25, 0.3) is 0 Å². The lowest BCUT2D eigenvalue weighted by atomic mass is 9.87. The van der Waals surface area contributed by atoms with Crippen LogP contribution in [0.1, 0.15) is 12.0 Å². The number of hydrogen-bond acceptors (Lipinski definition) is 3. The van der Waals surface area contributed by atoms with Gasteiger partial charge in [0.05, 0.1) is 12.0 Å². The lowest BCUT2D eigenvalue weighted by molar-refractivity contribution is -0.127. The van der Waals surface area contributed by atoms with Crippen molar-refractivity contribution in [3.05, 3.63) is 29.8 Å². The first-order chi connectivity index (χ1) is 8.66. The molecule has 4 heteroatoms. The van der Waals surface area contributed by atoms with Gasteiger partial charge in [-0.3, -0.25) is 4.79 Å². The number of methoxy groups -OCH3 is 1. The largest absolute Gasteiger partial charge is 0.384 e. The molecule has 2 rings (SSSR count). The van der Waals surface area contributed by atoms with Crippen molar-refractivity contribution in [3.63, 3.8) is 0 Å². The number of carbonyl (C=O) groups is 1. The molecule has 18 heavy (non-hydrogen) atoms. The molecular weight excluding hydrogens is 228 g/mol. The van der Waals surface area contributed by atoms with Crippen molar-refractivity contribution in [1.82, 2.24) is 5.32 Å². The van der Waals surface area contributed by atoms with Crippen molar-refractivity contribution >= 4 is 11.6 Å². The van der Waals surface area contributed by atoms with Gasteiger partial charge in [0.25, 0.3) is 0 Å². The maximum absolute atomic E-state index is 12.4. The van der Waals surface area contributed by atoms with E-state index in [1.165, 1.54) is 0 Å². The van der Waals surface area contributed by atoms with E-state index in [9.17, 15) is 4.79 Å². The average Bonchev–Trinajstić information content (AvgIpc) is 2.79. The summed E-state index contributed by atoms with van der Waals surface area (Å²) in [4.78, 5) is 12.4. The van der Waals surface area contributed by atoms with Gasteiger partial charge < -0.3 is 15.4 Å². The van der Waals surface area contributed by atoms with E-state index in [0.29, 0.717) is 13.2 Å². The number of rotatable bonds is 4. The van der Waals surface area contributed by atoms with Crippen molar-refractivity contribution in [2.75, 3.05) is 32.1 Å². The molecule has 0 bridgehead atoms. The number of carbonyl (C=O) groups excluding carboxylic acids is 1. The van der Waals surface area contributed by atoms with Crippen molar-refractivity contribution in [2.24, 2.45) is 5.41 Å². The highest BCUT2D eigenvalue weighted by molar-refractivity contribution is 5.96. The van der Waals surface area contributed by atoms with E-state index in [-0.39, 0.29) is 5.91 Å². The Morgan fingerprint density at radius 2 is 2.39 bits per heavy atom. The van der Waals surface area contributed by atoms with Gasteiger partial charge in [-0.2, -0.15) is 0 Å². The zero-order valence-corrected chi connectivity index (χ0v) is 11.0. The van der Waals surface area contributed by atoms with Gasteiger partial charge in [0, 0.05) is 19.3 Å². The molecule has 0 aliphatic carbocycles. The predicted octanol–water partition coefficient (Wildman–Crippen LogP) is 1.56. The topological polar surface area (TPSA) is 50.4 Å². The molecule has 1 fully saturated rings. The smallest absolute Gasteiger partial charge is 0.234 e. The maximum atomic E-state index is 12.4. The van der Waals surface area contributed by atoms with Crippen LogP contribution in [-0.2, 0) is 9.53 Å². The van der Waals surface area contributed by atoms with Crippen molar-refractivity contribution in [2.45, 2.75) is 13.3 Å². The molecular formula is C14H20N2O2. The molecule has 1 unspecified atom stereocenters. The molecule has 98 valence electrons. The summed E-state index contributed by atoms with van der Waals surface area (Å²) in [5.74, 6) is 0.0416. The van der Waals surface area contributed by atoms with E-state index in [2.05, 4.69) is 10.6 Å². The third-order valence-electron chi connectivity index (χ3n) is 3.42. The lowest BCUT2D eigenvalue weighted by Gasteiger charge is -2.26. The van der Waals surface area contributed by atoms with E-state index >= 15 is 0 Å². The summed E-state index contributed by atoms with van der Waals surface area (Å²) in [6, 6.07) is 7.84. The minimum absolute atomic E-state index is 0.0416. The number of benzene rings is 1. The van der Waals surface area contributed by atoms with E-state index in [0.717, 1.165) is 24.2 Å². The minimum atomic E-state index is -0.432. The number of nitrogens with one attached hydrogen (secondary N) is 2. The quantitative estimate of drug-likeness (QED) is 0.850. The summed E-state index contributed by atoms with van der Waals surface area (Å²) in [5, 5.41) is 6.23. The normalized spacial score (nSPS) is 23.0. The zero-order chi connectivity index (χ0) is 13.0. The molecule has 4 nitrogen and oxygen atoms in total. The summed E-state index contributed by atoms with van der Waals surface area (Å²) < 4.78 is 5.21. The van der Waals surface area contributed by atoms with Crippen LogP contribution < -0.4 is 10.6 Å². The van der Waals surface area contributed by atoms with Crippen molar-refractivity contribution < 1.29 is 9.53 Å². The van der Waals surface area contributed by atoms with Crippen LogP contribution in [0, 0.1) is 12.3 Å². The van der Waals surface area contributed by atoms with Crippen molar-refractivity contribution in [1.29, 1.82) is 0 Å². The molecule has 1 saturated heterocycles. The maximum Gasteiger partial charge on any atom is 0.234 e. The number of ether oxygens (including phenoxy) is 1. The Kier molecular flexibility index (Phi) is 3.99. The monoisotopic (exact) mass is 248 g/mol. The second-order valence-electron chi connectivity index (χ2n) is 4.96. The average molecular weight is 248 g/mol. The Morgan fingerprint density at radius 3 is 3.00 bits per heavy atom. The first-order valence-corrected chi connectivity index (χ1v) is 6.24. The van der Waals surface area contributed by atoms with Crippen LogP contribution in [0.2, 0.25) is 0 Å². The standard InChI is InChI=1S/C14H20N2O2/c1-11-4-3-5-12(8-11)16-13(17)14(10-18-2)6-7-15-9-14/h3-5,8,15H,6-7,9-10H2,1-2H3,(H,16,17). The van der Waals surface area contributed by atoms with Gasteiger partial charge in [-0.05, 0) is 37.6 Å². The number of hydrogen-bond donors (Lipinski definition) is 2. The van der Waals surface area contributed by atoms with Crippen LogP contribution >= 0.6 is 0 Å². The third kappa shape index (κ3) is 2.71. The number of anilines is 1. The second kappa shape index (κ2) is 5.50. The zero-order valence-electron chi connectivity index (χ0n) is 11.0. The fourth-order valence-corrected chi connectivity index (χ4v) is 2.39. The van der Waals surface area contributed by atoms with Gasteiger partial charge in [0.15, 0.2) is 0 Å². The van der Waals surface area contributed by atoms with Crippen LogP contribution in [0.5, 0.6) is 0 Å². The van der Waals surface area contributed by atoms with Gasteiger partial charge in [-0.1, -0.05) is 12.1 Å². The molecule has 1 aliphatic rings. The molecule has 1 atom stereocenters. The second-order valence-corrected chi connectivity index (χ2v) is 4.96. The van der Waals surface area contributed by atoms with Gasteiger partial charge in [0.1, 0.15) is 0 Å². The fraction of sp³-hybridized carbons (Fsp3) is 0.500. The first kappa shape index (κ1) is 13.1. The van der Waals surface area contributed by atoms with Gasteiger partial charge in [-0.15, -0.1) is 0 Å². The molecule has 1 amide bonds. The Balaban J connectivity index is 2.10. The molecule has 0 spiro atoms. The Labute approximate surface area is 108 Å². The summed E-state index contributed by atoms with van der Waals surface area (Å²) in [6.45, 7) is 4.01. The molecule has 0 saturated carbocycles. The molecule has 0 aromatic heterocycles. The molecule has 2 N–H and O–H groups in total. The highest BCUT2D eigenvalue weighted by Gasteiger charge is 2.41. The number of amides is 1. The van der Waals surface area contributed by atoms with E-state index in [4.69, 9.17) is 4.74 Å². The highest BCUT2D eigenvalue weighted by Crippen LogP contribution is 2.27. The minimum Gasteiger partial charge on any atom is -0.384 e. The van der Waals surface area contributed by atoms with Gasteiger partial charge in [0.2, 0.25) is 5.91 Å². The summed E-state index contributed by atoms with van der Waals surface area (Å²) >= 11 is 0. The van der Waals surface area contributed by atoms with Crippen LogP contribution in [0.4, 0.5) is 5.69 Å². The van der Waals surface area contributed by atoms with Gasteiger partial charge in [-0.25, -0.2) is 0 Å². The van der Waals surface area contributed by atoms with E-state index < -0.39 is 5.41 Å². The molecule has 0 radical (unpaired) electrons. The summed E-state index contributed by atoms with van der Waals surface area (Å²) in [7, 11) is 1.64. The lowest BCUT2D eigenvalue weighted by Crippen LogP contribution is -2.41. The SMILES string of the molecule is COCC1(C(=O)Nc2cccc(C)c2)CCNC1. The van der Waals surface area contributed by atoms with Crippen LogP contribution in [0.3, 0.4) is 0 Å². The fourth-order valence-electron chi connectivity index (χ4n) is 2.39. The Hall–Kier alpha value is -1.39. The summed E-state index contributed by atoms with van der Waals surface area (Å²) in [5.41, 5.74) is 1.55. The van der Waals surface area contributed by atoms with E-state index in [1.54, 1.807) is 7.11 Å². The van der Waals surface area contributed by atoms with Gasteiger partial charge >= 0.3 is 0 Å². The molecule has 1 aromatic rings. The Morgan fingerprint density at radius 1 is 1.56 bits per heavy atom. The van der Waals surface area contributed by atoms with E-state index in [1.807, 2.05) is 31.2 Å². The Bertz CT molecular complexity index is 426. The number of aryl methyl sites for hydroxylation is 1. The predicted molar refractivity (Wildman–Crippen MR) is 71.6 cm³/mol.